The van der Waals surface area contributed by atoms with Gasteiger partial charge in [0.25, 0.3) is 0 Å². The molecule has 1 aromatic heterocycles. The Kier molecular flexibility index (Phi) is 9.99. The van der Waals surface area contributed by atoms with Crippen LogP contribution >= 0.6 is 11.3 Å². The van der Waals surface area contributed by atoms with Crippen molar-refractivity contribution in [2.75, 3.05) is 62.2 Å². The smallest absolute Gasteiger partial charge is 0.186 e. The zero-order valence-corrected chi connectivity index (χ0v) is 25.1. The molecule has 1 saturated heterocycles. The van der Waals surface area contributed by atoms with Gasteiger partial charge in [-0.3, -0.25) is 0 Å². The van der Waals surface area contributed by atoms with Gasteiger partial charge in [-0.15, -0.1) is 11.3 Å². The average molecular weight is 573 g/mol. The van der Waals surface area contributed by atoms with Gasteiger partial charge in [-0.2, -0.15) is 0 Å². The van der Waals surface area contributed by atoms with E-state index < -0.39 is 0 Å². The molecule has 216 valence electrons. The molecule has 0 bridgehead atoms. The predicted molar refractivity (Wildman–Crippen MR) is 169 cm³/mol. The third-order valence-electron chi connectivity index (χ3n) is 7.15. The molecular formula is C33H40N4O3S. The normalized spacial score (nSPS) is 12.9. The van der Waals surface area contributed by atoms with Crippen LogP contribution in [0.5, 0.6) is 11.5 Å². The maximum atomic E-state index is 5.92. The van der Waals surface area contributed by atoms with Gasteiger partial charge in [-0.05, 0) is 60.4 Å². The van der Waals surface area contributed by atoms with E-state index in [2.05, 4.69) is 62.5 Å². The predicted octanol–water partition coefficient (Wildman–Crippen LogP) is 6.62. The van der Waals surface area contributed by atoms with Crippen molar-refractivity contribution in [3.05, 3.63) is 95.0 Å². The van der Waals surface area contributed by atoms with Gasteiger partial charge in [0.1, 0.15) is 18.1 Å². The molecule has 0 spiro atoms. The van der Waals surface area contributed by atoms with E-state index in [0.717, 1.165) is 54.2 Å². The first-order chi connectivity index (χ1) is 20.1. The third kappa shape index (κ3) is 8.15. The number of aromatic nitrogens is 1. The number of ether oxygens (including phenoxy) is 3. The Morgan fingerprint density at radius 2 is 1.59 bits per heavy atom. The Bertz CT molecular complexity index is 1390. The SMILES string of the molecule is COc1cccc(CN(Cc2cccc(N3CCCC3)c2)c2nc(COCCOc3cccc(N(C)C)c3)cs2)c1. The van der Waals surface area contributed by atoms with Gasteiger partial charge in [-0.25, -0.2) is 4.98 Å². The number of methoxy groups -OCH3 is 1. The topological polar surface area (TPSA) is 50.3 Å². The van der Waals surface area contributed by atoms with Gasteiger partial charge in [-0.1, -0.05) is 30.3 Å². The number of anilines is 3. The van der Waals surface area contributed by atoms with Crippen LogP contribution < -0.4 is 24.2 Å². The summed E-state index contributed by atoms with van der Waals surface area (Å²) in [6, 6.07) is 25.3. The highest BCUT2D eigenvalue weighted by Crippen LogP contribution is 2.28. The van der Waals surface area contributed by atoms with E-state index in [4.69, 9.17) is 19.2 Å². The maximum absolute atomic E-state index is 5.92. The highest BCUT2D eigenvalue weighted by atomic mass is 32.1. The van der Waals surface area contributed by atoms with Crippen molar-refractivity contribution in [2.45, 2.75) is 32.5 Å². The van der Waals surface area contributed by atoms with Gasteiger partial charge in [0.15, 0.2) is 5.13 Å². The molecule has 0 unspecified atom stereocenters. The molecule has 41 heavy (non-hydrogen) atoms. The average Bonchev–Trinajstić information content (AvgIpc) is 3.70. The van der Waals surface area contributed by atoms with Gasteiger partial charge in [0.2, 0.25) is 0 Å². The lowest BCUT2D eigenvalue weighted by atomic mass is 10.1. The quantitative estimate of drug-likeness (QED) is 0.157. The van der Waals surface area contributed by atoms with Crippen molar-refractivity contribution in [1.29, 1.82) is 0 Å². The molecule has 3 aromatic carbocycles. The summed E-state index contributed by atoms with van der Waals surface area (Å²) >= 11 is 1.66. The Morgan fingerprint density at radius 1 is 0.854 bits per heavy atom. The second-order valence-corrected chi connectivity index (χ2v) is 11.3. The van der Waals surface area contributed by atoms with E-state index in [1.807, 2.05) is 44.4 Å². The summed E-state index contributed by atoms with van der Waals surface area (Å²) in [5.74, 6) is 1.71. The van der Waals surface area contributed by atoms with Crippen molar-refractivity contribution < 1.29 is 14.2 Å². The third-order valence-corrected chi connectivity index (χ3v) is 8.10. The Labute approximate surface area is 247 Å². The van der Waals surface area contributed by atoms with Crippen molar-refractivity contribution in [1.82, 2.24) is 4.98 Å². The largest absolute Gasteiger partial charge is 0.497 e. The zero-order valence-electron chi connectivity index (χ0n) is 24.3. The zero-order chi connectivity index (χ0) is 28.4. The maximum Gasteiger partial charge on any atom is 0.186 e. The van der Waals surface area contributed by atoms with Crippen molar-refractivity contribution in [3.63, 3.8) is 0 Å². The fourth-order valence-corrected chi connectivity index (χ4v) is 5.79. The molecule has 0 saturated carbocycles. The first-order valence-corrected chi connectivity index (χ1v) is 15.1. The van der Waals surface area contributed by atoms with Crippen LogP contribution in [0.2, 0.25) is 0 Å². The number of hydrogen-bond acceptors (Lipinski definition) is 8. The Morgan fingerprint density at radius 3 is 2.37 bits per heavy atom. The van der Waals surface area contributed by atoms with Crippen LogP contribution in [0.15, 0.2) is 78.2 Å². The monoisotopic (exact) mass is 572 g/mol. The van der Waals surface area contributed by atoms with E-state index >= 15 is 0 Å². The van der Waals surface area contributed by atoms with E-state index in [-0.39, 0.29) is 0 Å². The highest BCUT2D eigenvalue weighted by molar-refractivity contribution is 7.13. The molecular weight excluding hydrogens is 532 g/mol. The van der Waals surface area contributed by atoms with Crippen LogP contribution in [0.25, 0.3) is 0 Å². The van der Waals surface area contributed by atoms with Crippen molar-refractivity contribution in [3.8, 4) is 11.5 Å². The summed E-state index contributed by atoms with van der Waals surface area (Å²) in [7, 11) is 5.75. The first-order valence-electron chi connectivity index (χ1n) is 14.2. The Hall–Kier alpha value is -3.75. The summed E-state index contributed by atoms with van der Waals surface area (Å²) in [4.78, 5) is 11.8. The molecule has 0 radical (unpaired) electrons. The molecule has 0 atom stereocenters. The van der Waals surface area contributed by atoms with Crippen LogP contribution in [-0.4, -0.2) is 52.5 Å². The van der Waals surface area contributed by atoms with Crippen LogP contribution in [0.1, 0.15) is 29.7 Å². The summed E-state index contributed by atoms with van der Waals surface area (Å²) in [6.07, 6.45) is 2.54. The summed E-state index contributed by atoms with van der Waals surface area (Å²) in [5.41, 5.74) is 5.82. The fourth-order valence-electron chi connectivity index (χ4n) is 4.98. The second kappa shape index (κ2) is 14.2. The molecule has 2 heterocycles. The Balaban J connectivity index is 1.22. The van der Waals surface area contributed by atoms with Gasteiger partial charge in [0, 0.05) is 63.1 Å². The molecule has 1 aliphatic heterocycles. The number of benzene rings is 3. The molecule has 0 amide bonds. The summed E-state index contributed by atoms with van der Waals surface area (Å²) in [6.45, 7) is 5.22. The van der Waals surface area contributed by atoms with Crippen LogP contribution in [0, 0.1) is 0 Å². The summed E-state index contributed by atoms with van der Waals surface area (Å²) in [5, 5.41) is 3.07. The van der Waals surface area contributed by atoms with E-state index in [9.17, 15) is 0 Å². The second-order valence-electron chi connectivity index (χ2n) is 10.5. The standard InChI is InChI=1S/C33H40N4O3S/c1-35(2)29-11-8-14-32(21-29)40-18-17-39-24-28-25-41-33(34-28)37(23-27-10-7-13-31(20-27)38-3)22-26-9-6-12-30(19-26)36-15-4-5-16-36/h6-14,19-21,25H,4-5,15-18,22-24H2,1-3H3. The minimum absolute atomic E-state index is 0.453. The van der Waals surface area contributed by atoms with E-state index in [1.54, 1.807) is 18.4 Å². The summed E-state index contributed by atoms with van der Waals surface area (Å²) < 4.78 is 17.3. The molecule has 8 heteroatoms. The molecule has 7 nitrogen and oxygen atoms in total. The van der Waals surface area contributed by atoms with Crippen molar-refractivity contribution in [2.24, 2.45) is 0 Å². The number of hydrogen-bond donors (Lipinski definition) is 0. The lowest BCUT2D eigenvalue weighted by molar-refractivity contribution is 0.0873. The lowest BCUT2D eigenvalue weighted by Gasteiger charge is -2.24. The molecule has 1 aliphatic rings. The number of nitrogens with zero attached hydrogens (tertiary/aromatic N) is 4. The van der Waals surface area contributed by atoms with Crippen LogP contribution in [0.3, 0.4) is 0 Å². The van der Waals surface area contributed by atoms with Crippen LogP contribution in [-0.2, 0) is 24.4 Å². The number of thiazole rings is 1. The van der Waals surface area contributed by atoms with Crippen LogP contribution in [0.4, 0.5) is 16.5 Å². The van der Waals surface area contributed by atoms with E-state index in [1.165, 1.54) is 29.7 Å². The molecule has 0 aliphatic carbocycles. The highest BCUT2D eigenvalue weighted by Gasteiger charge is 2.16. The molecule has 0 N–H and O–H groups in total. The minimum Gasteiger partial charge on any atom is -0.497 e. The molecule has 1 fully saturated rings. The van der Waals surface area contributed by atoms with Gasteiger partial charge >= 0.3 is 0 Å². The number of rotatable bonds is 14. The molecule has 5 rings (SSSR count). The molecule has 4 aromatic rings. The first kappa shape index (κ1) is 28.8. The van der Waals surface area contributed by atoms with E-state index in [0.29, 0.717) is 19.8 Å². The lowest BCUT2D eigenvalue weighted by Crippen LogP contribution is -2.23. The minimum atomic E-state index is 0.453. The van der Waals surface area contributed by atoms with Gasteiger partial charge < -0.3 is 28.9 Å². The van der Waals surface area contributed by atoms with Crippen molar-refractivity contribution >= 4 is 27.8 Å². The van der Waals surface area contributed by atoms with Gasteiger partial charge in [0.05, 0.1) is 26.0 Å². The fraction of sp³-hybridized carbons (Fsp3) is 0.364.